The van der Waals surface area contributed by atoms with Crippen LogP contribution in [0.1, 0.15) is 61.8 Å². The predicted octanol–water partition coefficient (Wildman–Crippen LogP) is 2.37. The van der Waals surface area contributed by atoms with Gasteiger partial charge >= 0.3 is 11.9 Å². The van der Waals surface area contributed by atoms with Crippen LogP contribution in [-0.2, 0) is 19.1 Å². The van der Waals surface area contributed by atoms with Crippen molar-refractivity contribution >= 4 is 23.5 Å². The topological polar surface area (TPSA) is 147 Å². The number of aromatic hydroxyl groups is 2. The highest BCUT2D eigenvalue weighted by Gasteiger charge is 2.36. The van der Waals surface area contributed by atoms with Gasteiger partial charge in [-0.05, 0) is 52.0 Å². The quantitative estimate of drug-likeness (QED) is 0.326. The molecule has 9 nitrogen and oxygen atoms in total. The van der Waals surface area contributed by atoms with E-state index in [4.69, 9.17) is 9.47 Å². The summed E-state index contributed by atoms with van der Waals surface area (Å²) in [5.41, 5.74) is -3.56. The first-order valence-corrected chi connectivity index (χ1v) is 9.77. The van der Waals surface area contributed by atoms with Gasteiger partial charge in [-0.15, -0.1) is 0 Å². The predicted molar refractivity (Wildman–Crippen MR) is 112 cm³/mol. The molecule has 172 valence electrons. The number of hydrogen-bond donors (Lipinski definition) is 3. The van der Waals surface area contributed by atoms with E-state index in [-0.39, 0.29) is 17.6 Å². The molecule has 1 aromatic rings. The molecule has 0 saturated carbocycles. The lowest BCUT2D eigenvalue weighted by molar-refractivity contribution is -0.161. The molecule has 0 heterocycles. The largest absolute Gasteiger partial charge is 0.507 e. The third-order valence-corrected chi connectivity index (χ3v) is 4.42. The van der Waals surface area contributed by atoms with Gasteiger partial charge in [-0.2, -0.15) is 0 Å². The first kappa shape index (κ1) is 24.8. The number of phenols is 2. The Kier molecular flexibility index (Phi) is 6.94. The number of fused-ring (bicyclic) bond motifs is 1. The standard InChI is InChI=1S/C23H26O9/c1-12(24)32-23(4,5)11-18(28)31-17(8-9-22(2,3)30)13-10-16(27)19-14(25)6-7-15(26)20(19)21(13)29/h6-10,17,25-26,30H,11H2,1-5H3/b9-8+. The Bertz CT molecular complexity index is 1020. The number of carbonyl (C=O) groups excluding carboxylic acids is 4. The van der Waals surface area contributed by atoms with Crippen molar-refractivity contribution in [2.45, 2.75) is 58.3 Å². The molecule has 1 aromatic carbocycles. The Morgan fingerprint density at radius 1 is 1.06 bits per heavy atom. The second kappa shape index (κ2) is 8.96. The highest BCUT2D eigenvalue weighted by atomic mass is 16.6. The van der Waals surface area contributed by atoms with Crippen molar-refractivity contribution in [2.24, 2.45) is 0 Å². The minimum Gasteiger partial charge on any atom is -0.507 e. The van der Waals surface area contributed by atoms with Gasteiger partial charge in [0.05, 0.1) is 23.1 Å². The van der Waals surface area contributed by atoms with Crippen LogP contribution in [0.4, 0.5) is 0 Å². The van der Waals surface area contributed by atoms with Gasteiger partial charge in [0.1, 0.15) is 23.2 Å². The number of esters is 2. The summed E-state index contributed by atoms with van der Waals surface area (Å²) in [5.74, 6) is -4.02. The molecule has 1 aliphatic rings. The lowest BCUT2D eigenvalue weighted by atomic mass is 9.85. The van der Waals surface area contributed by atoms with E-state index in [0.29, 0.717) is 0 Å². The molecule has 0 bridgehead atoms. The summed E-state index contributed by atoms with van der Waals surface area (Å²) in [6.07, 6.45) is 1.68. The van der Waals surface area contributed by atoms with Crippen LogP contribution in [0.5, 0.6) is 11.5 Å². The molecule has 32 heavy (non-hydrogen) atoms. The van der Waals surface area contributed by atoms with E-state index in [1.54, 1.807) is 0 Å². The van der Waals surface area contributed by atoms with Crippen LogP contribution in [0.2, 0.25) is 0 Å². The summed E-state index contributed by atoms with van der Waals surface area (Å²) in [6, 6.07) is 2.15. The van der Waals surface area contributed by atoms with Gasteiger partial charge in [0.15, 0.2) is 11.6 Å². The number of benzene rings is 1. The number of carbonyl (C=O) groups is 4. The maximum Gasteiger partial charge on any atom is 0.310 e. The van der Waals surface area contributed by atoms with Gasteiger partial charge < -0.3 is 24.8 Å². The summed E-state index contributed by atoms with van der Waals surface area (Å²) < 4.78 is 10.5. The van der Waals surface area contributed by atoms with Crippen molar-refractivity contribution < 1.29 is 44.0 Å². The maximum absolute atomic E-state index is 13.1. The third kappa shape index (κ3) is 6.04. The van der Waals surface area contributed by atoms with Gasteiger partial charge in [-0.3, -0.25) is 19.2 Å². The second-order valence-corrected chi connectivity index (χ2v) is 8.60. The SMILES string of the molecule is CC(=O)OC(C)(C)CC(=O)OC(/C=C/C(C)(C)O)C1=CC(=O)c2c(O)ccc(O)c2C1=O. The van der Waals surface area contributed by atoms with Crippen LogP contribution >= 0.6 is 0 Å². The fourth-order valence-corrected chi connectivity index (χ4v) is 3.18. The van der Waals surface area contributed by atoms with E-state index >= 15 is 0 Å². The summed E-state index contributed by atoms with van der Waals surface area (Å²) in [6.45, 7) is 7.10. The van der Waals surface area contributed by atoms with Gasteiger partial charge in [-0.1, -0.05) is 6.08 Å². The van der Waals surface area contributed by atoms with Gasteiger partial charge in [0.25, 0.3) is 0 Å². The average molecular weight is 446 g/mol. The first-order valence-electron chi connectivity index (χ1n) is 9.77. The highest BCUT2D eigenvalue weighted by Crippen LogP contribution is 2.36. The Balaban J connectivity index is 2.43. The molecule has 0 saturated heterocycles. The fraction of sp³-hybridized carbons (Fsp3) is 0.391. The average Bonchev–Trinajstić information content (AvgIpc) is 2.61. The molecule has 0 spiro atoms. The number of hydrogen-bond acceptors (Lipinski definition) is 9. The van der Waals surface area contributed by atoms with E-state index in [9.17, 15) is 34.5 Å². The van der Waals surface area contributed by atoms with Crippen LogP contribution < -0.4 is 0 Å². The molecule has 0 aromatic heterocycles. The number of allylic oxidation sites excluding steroid dienone is 1. The van der Waals surface area contributed by atoms with Crippen molar-refractivity contribution in [3.05, 3.63) is 47.1 Å². The molecular weight excluding hydrogens is 420 g/mol. The summed E-state index contributed by atoms with van der Waals surface area (Å²) in [4.78, 5) is 49.4. The van der Waals surface area contributed by atoms with E-state index in [2.05, 4.69) is 0 Å². The van der Waals surface area contributed by atoms with Crippen molar-refractivity contribution in [2.75, 3.05) is 0 Å². The smallest absolute Gasteiger partial charge is 0.310 e. The van der Waals surface area contributed by atoms with Crippen LogP contribution in [0.3, 0.4) is 0 Å². The van der Waals surface area contributed by atoms with E-state index in [1.165, 1.54) is 46.8 Å². The van der Waals surface area contributed by atoms with Gasteiger partial charge in [0, 0.05) is 12.5 Å². The molecule has 3 N–H and O–H groups in total. The second-order valence-electron chi connectivity index (χ2n) is 8.60. The molecule has 0 fully saturated rings. The summed E-state index contributed by atoms with van der Waals surface area (Å²) in [7, 11) is 0. The van der Waals surface area contributed by atoms with Crippen LogP contribution in [0.25, 0.3) is 0 Å². The third-order valence-electron chi connectivity index (χ3n) is 4.42. The number of aliphatic hydroxyl groups is 1. The summed E-state index contributed by atoms with van der Waals surface area (Å²) in [5, 5.41) is 30.1. The van der Waals surface area contributed by atoms with Crippen LogP contribution in [0, 0.1) is 0 Å². The Morgan fingerprint density at radius 2 is 1.62 bits per heavy atom. The first-order chi connectivity index (χ1) is 14.6. The molecule has 0 amide bonds. The zero-order chi connectivity index (χ0) is 24.4. The zero-order valence-corrected chi connectivity index (χ0v) is 18.5. The molecule has 1 atom stereocenters. The minimum absolute atomic E-state index is 0.275. The van der Waals surface area contributed by atoms with E-state index in [0.717, 1.165) is 18.2 Å². The lowest BCUT2D eigenvalue weighted by Gasteiger charge is -2.26. The molecule has 2 rings (SSSR count). The molecule has 0 radical (unpaired) electrons. The van der Waals surface area contributed by atoms with Gasteiger partial charge in [0.2, 0.25) is 0 Å². The van der Waals surface area contributed by atoms with Gasteiger partial charge in [-0.25, -0.2) is 0 Å². The lowest BCUT2D eigenvalue weighted by Crippen LogP contribution is -2.34. The fourth-order valence-electron chi connectivity index (χ4n) is 3.18. The summed E-state index contributed by atoms with van der Waals surface area (Å²) >= 11 is 0. The van der Waals surface area contributed by atoms with E-state index < -0.39 is 57.9 Å². The Labute approximate surface area is 185 Å². The molecule has 1 unspecified atom stereocenters. The van der Waals surface area contributed by atoms with Crippen LogP contribution in [-0.4, -0.2) is 56.1 Å². The zero-order valence-electron chi connectivity index (χ0n) is 18.5. The normalized spacial score (nSPS) is 15.2. The number of rotatable bonds is 7. The molecule has 9 heteroatoms. The highest BCUT2D eigenvalue weighted by molar-refractivity contribution is 6.27. The monoisotopic (exact) mass is 446 g/mol. The Hall–Kier alpha value is -3.46. The number of ether oxygens (including phenoxy) is 2. The number of ketones is 2. The van der Waals surface area contributed by atoms with Crippen molar-refractivity contribution in [1.82, 2.24) is 0 Å². The van der Waals surface area contributed by atoms with Crippen molar-refractivity contribution in [1.29, 1.82) is 0 Å². The van der Waals surface area contributed by atoms with Crippen LogP contribution in [0.15, 0.2) is 35.9 Å². The maximum atomic E-state index is 13.1. The minimum atomic E-state index is -1.39. The molecule has 0 aliphatic heterocycles. The number of phenolic OH excluding ortho intramolecular Hbond substituents is 2. The molecule has 1 aliphatic carbocycles. The Morgan fingerprint density at radius 3 is 2.16 bits per heavy atom. The van der Waals surface area contributed by atoms with Crippen molar-refractivity contribution in [3.8, 4) is 11.5 Å². The molecular formula is C23H26O9. The van der Waals surface area contributed by atoms with E-state index in [1.807, 2.05) is 0 Å². The van der Waals surface area contributed by atoms with Crippen molar-refractivity contribution in [3.63, 3.8) is 0 Å². The number of Topliss-reactive ketones (excluding diaryl/α,β-unsaturated/α-hetero) is 1.